The molecule has 18 heavy (non-hydrogen) atoms. The van der Waals surface area contributed by atoms with Crippen LogP contribution in [0, 0.1) is 0 Å². The van der Waals surface area contributed by atoms with E-state index in [0.717, 1.165) is 38.3 Å². The lowest BCUT2D eigenvalue weighted by atomic mass is 9.99. The number of nitrogens with zero attached hydrogens (tertiary/aromatic N) is 1. The summed E-state index contributed by atoms with van der Waals surface area (Å²) in [5.41, 5.74) is -0.232. The monoisotopic (exact) mass is 250 g/mol. The summed E-state index contributed by atoms with van der Waals surface area (Å²) in [4.78, 5) is 27.6. The minimum Gasteiger partial charge on any atom is -0.507 e. The van der Waals surface area contributed by atoms with E-state index in [-0.39, 0.29) is 23.3 Å². The molecule has 1 aliphatic heterocycles. The second-order valence-corrected chi connectivity index (χ2v) is 4.65. The molecule has 1 aliphatic rings. The fourth-order valence-electron chi connectivity index (χ4n) is 2.48. The van der Waals surface area contributed by atoms with Crippen LogP contribution in [0.5, 0.6) is 5.75 Å². The van der Waals surface area contributed by atoms with E-state index in [2.05, 4.69) is 11.9 Å². The standard InChI is InChI=1S/C13H18N2O3/c1-2-9-5-3-4-6-15(9)13(18)10-8-14-12(17)7-11(10)16/h7-9H,2-6H2,1H3,(H2,14,16,17). The van der Waals surface area contributed by atoms with Crippen LogP contribution >= 0.6 is 0 Å². The lowest BCUT2D eigenvalue weighted by Gasteiger charge is -2.35. The van der Waals surface area contributed by atoms with Crippen LogP contribution < -0.4 is 5.56 Å². The van der Waals surface area contributed by atoms with Gasteiger partial charge in [0, 0.05) is 24.8 Å². The minimum absolute atomic E-state index is 0.176. The number of aromatic hydroxyl groups is 1. The van der Waals surface area contributed by atoms with Crippen LogP contribution in [0.1, 0.15) is 43.0 Å². The van der Waals surface area contributed by atoms with E-state index in [1.807, 2.05) is 0 Å². The van der Waals surface area contributed by atoms with E-state index >= 15 is 0 Å². The molecule has 98 valence electrons. The molecule has 1 aromatic heterocycles. The van der Waals surface area contributed by atoms with Crippen LogP contribution in [0.15, 0.2) is 17.1 Å². The van der Waals surface area contributed by atoms with Gasteiger partial charge in [-0.2, -0.15) is 0 Å². The summed E-state index contributed by atoms with van der Waals surface area (Å²) in [6, 6.07) is 1.27. The molecule has 1 saturated heterocycles. The Labute approximate surface area is 105 Å². The predicted octanol–water partition coefficient (Wildman–Crippen LogP) is 1.49. The van der Waals surface area contributed by atoms with Crippen LogP contribution in [0.25, 0.3) is 0 Å². The third-order valence-corrected chi connectivity index (χ3v) is 3.49. The van der Waals surface area contributed by atoms with E-state index in [1.165, 1.54) is 6.20 Å². The molecule has 5 heteroatoms. The number of likely N-dealkylation sites (tertiary alicyclic amines) is 1. The number of aromatic nitrogens is 1. The predicted molar refractivity (Wildman–Crippen MR) is 67.7 cm³/mol. The first kappa shape index (κ1) is 12.7. The Morgan fingerprint density at radius 2 is 2.33 bits per heavy atom. The summed E-state index contributed by atoms with van der Waals surface area (Å²) in [5, 5.41) is 9.68. The highest BCUT2D eigenvalue weighted by atomic mass is 16.3. The summed E-state index contributed by atoms with van der Waals surface area (Å²) in [5.74, 6) is -0.445. The van der Waals surface area contributed by atoms with Crippen molar-refractivity contribution in [3.05, 3.63) is 28.2 Å². The van der Waals surface area contributed by atoms with Gasteiger partial charge in [-0.1, -0.05) is 6.92 Å². The zero-order valence-electron chi connectivity index (χ0n) is 10.5. The van der Waals surface area contributed by atoms with Crippen molar-refractivity contribution < 1.29 is 9.90 Å². The molecular weight excluding hydrogens is 232 g/mol. The van der Waals surface area contributed by atoms with Crippen molar-refractivity contribution in [2.24, 2.45) is 0 Å². The molecule has 2 rings (SSSR count). The van der Waals surface area contributed by atoms with Crippen LogP contribution in [-0.2, 0) is 0 Å². The maximum absolute atomic E-state index is 12.3. The minimum atomic E-state index is -0.408. The third kappa shape index (κ3) is 2.39. The smallest absolute Gasteiger partial charge is 0.259 e. The second kappa shape index (κ2) is 5.25. The number of hydrogen-bond donors (Lipinski definition) is 2. The van der Waals surface area contributed by atoms with Gasteiger partial charge in [0.1, 0.15) is 5.75 Å². The van der Waals surface area contributed by atoms with Crippen molar-refractivity contribution in [2.45, 2.75) is 38.6 Å². The summed E-state index contributed by atoms with van der Waals surface area (Å²) in [6.45, 7) is 2.78. The van der Waals surface area contributed by atoms with Gasteiger partial charge in [-0.3, -0.25) is 9.59 Å². The maximum Gasteiger partial charge on any atom is 0.259 e. The van der Waals surface area contributed by atoms with Gasteiger partial charge in [-0.25, -0.2) is 0 Å². The van der Waals surface area contributed by atoms with E-state index in [0.29, 0.717) is 0 Å². The average Bonchev–Trinajstić information content (AvgIpc) is 2.38. The molecule has 1 aromatic rings. The van der Waals surface area contributed by atoms with Gasteiger partial charge in [-0.05, 0) is 25.7 Å². The first-order valence-electron chi connectivity index (χ1n) is 6.36. The first-order chi connectivity index (χ1) is 8.63. The molecule has 2 N–H and O–H groups in total. The Morgan fingerprint density at radius 1 is 1.56 bits per heavy atom. The SMILES string of the molecule is CCC1CCCCN1C(=O)c1c[nH]c(=O)cc1O. The summed E-state index contributed by atoms with van der Waals surface area (Å²) in [7, 11) is 0. The van der Waals surface area contributed by atoms with Crippen molar-refractivity contribution in [3.63, 3.8) is 0 Å². The molecule has 0 spiro atoms. The summed E-state index contributed by atoms with van der Waals surface area (Å²) < 4.78 is 0. The highest BCUT2D eigenvalue weighted by Gasteiger charge is 2.27. The normalized spacial score (nSPS) is 19.8. The van der Waals surface area contributed by atoms with Gasteiger partial charge in [-0.15, -0.1) is 0 Å². The van der Waals surface area contributed by atoms with Gasteiger partial charge in [0.2, 0.25) is 0 Å². The largest absolute Gasteiger partial charge is 0.507 e. The molecule has 0 saturated carbocycles. The molecule has 0 bridgehead atoms. The number of piperidine rings is 1. The molecule has 5 nitrogen and oxygen atoms in total. The third-order valence-electron chi connectivity index (χ3n) is 3.49. The highest BCUT2D eigenvalue weighted by molar-refractivity contribution is 5.96. The van der Waals surface area contributed by atoms with Gasteiger partial charge < -0.3 is 15.0 Å². The van der Waals surface area contributed by atoms with Crippen LogP contribution in [-0.4, -0.2) is 33.5 Å². The average molecular weight is 250 g/mol. The number of aromatic amines is 1. The number of carbonyl (C=O) groups excluding carboxylic acids is 1. The van der Waals surface area contributed by atoms with Crippen molar-refractivity contribution in [1.29, 1.82) is 0 Å². The van der Waals surface area contributed by atoms with Gasteiger partial charge in [0.05, 0.1) is 5.56 Å². The van der Waals surface area contributed by atoms with E-state index in [9.17, 15) is 14.7 Å². The molecule has 1 amide bonds. The molecule has 1 fully saturated rings. The summed E-state index contributed by atoms with van der Waals surface area (Å²) >= 11 is 0. The van der Waals surface area contributed by atoms with Crippen molar-refractivity contribution >= 4 is 5.91 Å². The topological polar surface area (TPSA) is 73.4 Å². The zero-order chi connectivity index (χ0) is 13.1. The maximum atomic E-state index is 12.3. The Bertz CT molecular complexity index is 495. The highest BCUT2D eigenvalue weighted by Crippen LogP contribution is 2.24. The number of pyridine rings is 1. The van der Waals surface area contributed by atoms with E-state index < -0.39 is 5.56 Å². The van der Waals surface area contributed by atoms with Crippen molar-refractivity contribution in [2.75, 3.05) is 6.54 Å². The Morgan fingerprint density at radius 3 is 3.00 bits per heavy atom. The molecular formula is C13H18N2O3. The molecule has 2 heterocycles. The lowest BCUT2D eigenvalue weighted by Crippen LogP contribution is -2.43. The molecule has 1 unspecified atom stereocenters. The number of hydrogen-bond acceptors (Lipinski definition) is 3. The van der Waals surface area contributed by atoms with E-state index in [4.69, 9.17) is 0 Å². The summed E-state index contributed by atoms with van der Waals surface area (Å²) in [6.07, 6.45) is 5.34. The van der Waals surface area contributed by atoms with E-state index in [1.54, 1.807) is 4.90 Å². The van der Waals surface area contributed by atoms with Crippen molar-refractivity contribution in [1.82, 2.24) is 9.88 Å². The zero-order valence-corrected chi connectivity index (χ0v) is 10.5. The lowest BCUT2D eigenvalue weighted by molar-refractivity contribution is 0.0604. The van der Waals surface area contributed by atoms with Gasteiger partial charge in [0.15, 0.2) is 0 Å². The number of amides is 1. The van der Waals surface area contributed by atoms with Crippen LogP contribution in [0.3, 0.4) is 0 Å². The Balaban J connectivity index is 2.26. The van der Waals surface area contributed by atoms with Gasteiger partial charge in [0.25, 0.3) is 11.5 Å². The Kier molecular flexibility index (Phi) is 3.69. The Hall–Kier alpha value is -1.78. The fraction of sp³-hybridized carbons (Fsp3) is 0.538. The number of nitrogens with one attached hydrogen (secondary N) is 1. The molecule has 0 aliphatic carbocycles. The second-order valence-electron chi connectivity index (χ2n) is 4.65. The quantitative estimate of drug-likeness (QED) is 0.835. The van der Waals surface area contributed by atoms with Crippen LogP contribution in [0.2, 0.25) is 0 Å². The van der Waals surface area contributed by atoms with Crippen LogP contribution in [0.4, 0.5) is 0 Å². The van der Waals surface area contributed by atoms with Gasteiger partial charge >= 0.3 is 0 Å². The number of rotatable bonds is 2. The molecule has 1 atom stereocenters. The number of H-pyrrole nitrogens is 1. The fourth-order valence-corrected chi connectivity index (χ4v) is 2.48. The molecule has 0 aromatic carbocycles. The number of carbonyl (C=O) groups is 1. The molecule has 0 radical (unpaired) electrons. The first-order valence-corrected chi connectivity index (χ1v) is 6.36. The van der Waals surface area contributed by atoms with Crippen molar-refractivity contribution in [3.8, 4) is 5.75 Å².